The van der Waals surface area contributed by atoms with Crippen LogP contribution >= 0.6 is 11.3 Å². The minimum atomic E-state index is -0.0369. The molecule has 0 N–H and O–H groups in total. The fourth-order valence-electron chi connectivity index (χ4n) is 3.69. The molecule has 1 aliphatic rings. The van der Waals surface area contributed by atoms with Crippen LogP contribution in [0.4, 0.5) is 0 Å². The third-order valence-electron chi connectivity index (χ3n) is 5.00. The number of thiazole rings is 1. The molecule has 1 saturated heterocycles. The van der Waals surface area contributed by atoms with Gasteiger partial charge in [0.05, 0.1) is 16.3 Å². The molecule has 130 valence electrons. The maximum absolute atomic E-state index is 13.2. The van der Waals surface area contributed by atoms with Gasteiger partial charge in [0.1, 0.15) is 10.6 Å². The van der Waals surface area contributed by atoms with E-state index in [1.807, 2.05) is 53.4 Å². The Morgan fingerprint density at radius 3 is 2.85 bits per heavy atom. The molecule has 2 aromatic carbocycles. The SMILES string of the molecule is O=C(c1cc2ccccc2o1)N1CCCCC1c1nc2ccccc2s1. The van der Waals surface area contributed by atoms with Crippen LogP contribution in [0, 0.1) is 0 Å². The molecular formula is C21H18N2O2S. The molecule has 5 rings (SSSR count). The zero-order valence-electron chi connectivity index (χ0n) is 14.2. The molecule has 26 heavy (non-hydrogen) atoms. The van der Waals surface area contributed by atoms with Crippen LogP contribution in [0.25, 0.3) is 21.2 Å². The lowest BCUT2D eigenvalue weighted by Crippen LogP contribution is -2.38. The number of likely N-dealkylation sites (tertiary alicyclic amines) is 1. The first kappa shape index (κ1) is 15.6. The summed E-state index contributed by atoms with van der Waals surface area (Å²) in [5.41, 5.74) is 1.76. The highest BCUT2D eigenvalue weighted by atomic mass is 32.1. The Labute approximate surface area is 155 Å². The van der Waals surface area contributed by atoms with E-state index in [4.69, 9.17) is 9.40 Å². The molecular weight excluding hydrogens is 344 g/mol. The zero-order chi connectivity index (χ0) is 17.5. The molecule has 4 nitrogen and oxygen atoms in total. The molecule has 0 saturated carbocycles. The second kappa shape index (κ2) is 6.25. The first-order valence-electron chi connectivity index (χ1n) is 8.94. The molecule has 1 unspecified atom stereocenters. The number of benzene rings is 2. The molecule has 0 radical (unpaired) electrons. The maximum atomic E-state index is 13.2. The Morgan fingerprint density at radius 1 is 1.12 bits per heavy atom. The van der Waals surface area contributed by atoms with E-state index in [2.05, 4.69) is 6.07 Å². The standard InChI is InChI=1S/C21H18N2O2S/c24-21(18-13-14-7-1-3-10-17(14)25-18)23-12-6-5-9-16(23)20-22-15-8-2-4-11-19(15)26-20/h1-4,7-8,10-11,13,16H,5-6,9,12H2. The molecule has 5 heteroatoms. The fraction of sp³-hybridized carbons (Fsp3) is 0.238. The largest absolute Gasteiger partial charge is 0.451 e. The van der Waals surface area contributed by atoms with E-state index in [0.717, 1.165) is 47.3 Å². The molecule has 0 bridgehead atoms. The summed E-state index contributed by atoms with van der Waals surface area (Å²) < 4.78 is 6.99. The van der Waals surface area contributed by atoms with E-state index in [1.165, 1.54) is 4.70 Å². The molecule has 0 aliphatic carbocycles. The number of amides is 1. The van der Waals surface area contributed by atoms with Crippen molar-refractivity contribution in [2.24, 2.45) is 0 Å². The van der Waals surface area contributed by atoms with Crippen molar-refractivity contribution in [2.75, 3.05) is 6.54 Å². The Hall–Kier alpha value is -2.66. The van der Waals surface area contributed by atoms with Gasteiger partial charge in [-0.25, -0.2) is 4.98 Å². The molecule has 1 fully saturated rings. The van der Waals surface area contributed by atoms with Crippen molar-refractivity contribution in [3.05, 3.63) is 65.4 Å². The van der Waals surface area contributed by atoms with Crippen molar-refractivity contribution in [2.45, 2.75) is 25.3 Å². The van der Waals surface area contributed by atoms with Gasteiger partial charge in [0.2, 0.25) is 0 Å². The summed E-state index contributed by atoms with van der Waals surface area (Å²) in [5, 5.41) is 1.99. The monoisotopic (exact) mass is 362 g/mol. The van der Waals surface area contributed by atoms with Crippen molar-refractivity contribution in [3.8, 4) is 0 Å². The minimum absolute atomic E-state index is 0.0295. The summed E-state index contributed by atoms with van der Waals surface area (Å²) in [6.45, 7) is 0.746. The number of hydrogen-bond acceptors (Lipinski definition) is 4. The second-order valence-electron chi connectivity index (χ2n) is 6.68. The molecule has 1 aliphatic heterocycles. The van der Waals surface area contributed by atoms with Gasteiger partial charge >= 0.3 is 0 Å². The van der Waals surface area contributed by atoms with Crippen molar-refractivity contribution in [1.29, 1.82) is 0 Å². The van der Waals surface area contributed by atoms with Crippen molar-refractivity contribution in [1.82, 2.24) is 9.88 Å². The molecule has 4 aromatic rings. The maximum Gasteiger partial charge on any atom is 0.290 e. The number of furan rings is 1. The lowest BCUT2D eigenvalue weighted by molar-refractivity contribution is 0.0581. The Morgan fingerprint density at radius 2 is 1.96 bits per heavy atom. The molecule has 3 heterocycles. The average molecular weight is 362 g/mol. The number of para-hydroxylation sites is 2. The van der Waals surface area contributed by atoms with E-state index in [1.54, 1.807) is 11.3 Å². The summed E-state index contributed by atoms with van der Waals surface area (Å²) in [7, 11) is 0. The van der Waals surface area contributed by atoms with Crippen LogP contribution < -0.4 is 0 Å². The predicted octanol–water partition coefficient (Wildman–Crippen LogP) is 5.41. The predicted molar refractivity (Wildman–Crippen MR) is 103 cm³/mol. The van der Waals surface area contributed by atoms with E-state index in [0.29, 0.717) is 5.76 Å². The highest BCUT2D eigenvalue weighted by Gasteiger charge is 2.32. The van der Waals surface area contributed by atoms with E-state index in [-0.39, 0.29) is 11.9 Å². The third kappa shape index (κ3) is 2.59. The van der Waals surface area contributed by atoms with Crippen LogP contribution in [0.3, 0.4) is 0 Å². The number of hydrogen-bond donors (Lipinski definition) is 0. The number of piperidine rings is 1. The summed E-state index contributed by atoms with van der Waals surface area (Å²) >= 11 is 1.69. The Balaban J connectivity index is 1.51. The van der Waals surface area contributed by atoms with Crippen molar-refractivity contribution < 1.29 is 9.21 Å². The smallest absolute Gasteiger partial charge is 0.290 e. The zero-order valence-corrected chi connectivity index (χ0v) is 15.0. The quantitative estimate of drug-likeness (QED) is 0.479. The van der Waals surface area contributed by atoms with Gasteiger partial charge in [0.25, 0.3) is 5.91 Å². The lowest BCUT2D eigenvalue weighted by atomic mass is 10.0. The molecule has 0 spiro atoms. The van der Waals surface area contributed by atoms with Gasteiger partial charge in [0, 0.05) is 11.9 Å². The summed E-state index contributed by atoms with van der Waals surface area (Å²) in [6.07, 6.45) is 3.09. The van der Waals surface area contributed by atoms with E-state index < -0.39 is 0 Å². The van der Waals surface area contributed by atoms with Gasteiger partial charge in [-0.1, -0.05) is 30.3 Å². The number of carbonyl (C=O) groups is 1. The van der Waals surface area contributed by atoms with Crippen LogP contribution in [0.15, 0.2) is 59.0 Å². The molecule has 1 amide bonds. The van der Waals surface area contributed by atoms with Crippen LogP contribution in [0.2, 0.25) is 0 Å². The number of rotatable bonds is 2. The number of aromatic nitrogens is 1. The van der Waals surface area contributed by atoms with Crippen LogP contribution in [0.5, 0.6) is 0 Å². The highest BCUT2D eigenvalue weighted by molar-refractivity contribution is 7.18. The van der Waals surface area contributed by atoms with Gasteiger partial charge in [-0.05, 0) is 43.5 Å². The van der Waals surface area contributed by atoms with Crippen LogP contribution in [-0.2, 0) is 0 Å². The summed E-state index contributed by atoms with van der Waals surface area (Å²) in [4.78, 5) is 19.9. The van der Waals surface area contributed by atoms with E-state index in [9.17, 15) is 4.79 Å². The summed E-state index contributed by atoms with van der Waals surface area (Å²) in [6, 6.07) is 17.8. The number of fused-ring (bicyclic) bond motifs is 2. The van der Waals surface area contributed by atoms with Crippen LogP contribution in [-0.4, -0.2) is 22.3 Å². The number of nitrogens with zero attached hydrogens (tertiary/aromatic N) is 2. The lowest BCUT2D eigenvalue weighted by Gasteiger charge is -2.33. The van der Waals surface area contributed by atoms with Gasteiger partial charge in [-0.2, -0.15) is 0 Å². The van der Waals surface area contributed by atoms with Gasteiger partial charge in [-0.15, -0.1) is 11.3 Å². The third-order valence-corrected chi connectivity index (χ3v) is 6.13. The van der Waals surface area contributed by atoms with Crippen molar-refractivity contribution in [3.63, 3.8) is 0 Å². The van der Waals surface area contributed by atoms with Gasteiger partial charge < -0.3 is 9.32 Å². The van der Waals surface area contributed by atoms with Gasteiger partial charge in [-0.3, -0.25) is 4.79 Å². The van der Waals surface area contributed by atoms with Crippen LogP contribution in [0.1, 0.15) is 40.9 Å². The first-order chi connectivity index (χ1) is 12.8. The fourth-order valence-corrected chi connectivity index (χ4v) is 4.81. The number of carbonyl (C=O) groups excluding carboxylic acids is 1. The average Bonchev–Trinajstić information content (AvgIpc) is 3.31. The topological polar surface area (TPSA) is 46.3 Å². The minimum Gasteiger partial charge on any atom is -0.451 e. The second-order valence-corrected chi connectivity index (χ2v) is 7.74. The first-order valence-corrected chi connectivity index (χ1v) is 9.76. The van der Waals surface area contributed by atoms with E-state index >= 15 is 0 Å². The molecule has 2 aromatic heterocycles. The highest BCUT2D eigenvalue weighted by Crippen LogP contribution is 2.36. The Bertz CT molecular complexity index is 1030. The normalized spacial score (nSPS) is 17.8. The molecule has 1 atom stereocenters. The Kier molecular flexibility index (Phi) is 3.75. The van der Waals surface area contributed by atoms with Gasteiger partial charge in [0.15, 0.2) is 5.76 Å². The van der Waals surface area contributed by atoms with Crippen molar-refractivity contribution >= 4 is 38.4 Å². The summed E-state index contributed by atoms with van der Waals surface area (Å²) in [5.74, 6) is 0.379.